The summed E-state index contributed by atoms with van der Waals surface area (Å²) in [6.07, 6.45) is 0.433. The number of nitrogens with two attached hydrogens (primary N) is 1. The van der Waals surface area contributed by atoms with Crippen molar-refractivity contribution in [1.29, 1.82) is 0 Å². The highest BCUT2D eigenvalue weighted by atomic mass is 16.3. The van der Waals surface area contributed by atoms with Gasteiger partial charge in [-0.2, -0.15) is 5.10 Å². The summed E-state index contributed by atoms with van der Waals surface area (Å²) in [4.78, 5) is 11.3. The molecular weight excluding hydrogens is 196 g/mol. The van der Waals surface area contributed by atoms with Gasteiger partial charge < -0.3 is 16.2 Å². The zero-order valence-corrected chi connectivity index (χ0v) is 8.53. The number of aliphatic hydroxyl groups excluding tert-OH is 1. The lowest BCUT2D eigenvalue weighted by atomic mass is 9.96. The monoisotopic (exact) mass is 210 g/mol. The van der Waals surface area contributed by atoms with Crippen molar-refractivity contribution >= 4 is 17.5 Å². The predicted molar refractivity (Wildman–Crippen MR) is 55.4 cm³/mol. The molecule has 0 radical (unpaired) electrons. The Morgan fingerprint density at radius 1 is 1.73 bits per heavy atom. The van der Waals surface area contributed by atoms with Crippen LogP contribution in [0.2, 0.25) is 0 Å². The lowest BCUT2D eigenvalue weighted by Crippen LogP contribution is -2.23. The molecule has 1 aliphatic heterocycles. The molecule has 1 atom stereocenters. The Labute approximate surface area is 87.1 Å². The Morgan fingerprint density at radius 2 is 2.47 bits per heavy atom. The number of hydrogen-bond donors (Lipinski definition) is 3. The molecule has 6 nitrogen and oxygen atoms in total. The molecule has 0 fully saturated rings. The Hall–Kier alpha value is -1.56. The second-order valence-electron chi connectivity index (χ2n) is 3.75. The van der Waals surface area contributed by atoms with Crippen LogP contribution in [-0.4, -0.2) is 27.4 Å². The van der Waals surface area contributed by atoms with E-state index in [4.69, 9.17) is 10.8 Å². The number of fused-ring (bicyclic) bond motifs is 1. The highest BCUT2D eigenvalue weighted by Gasteiger charge is 2.28. The van der Waals surface area contributed by atoms with E-state index in [1.807, 2.05) is 6.92 Å². The van der Waals surface area contributed by atoms with Gasteiger partial charge in [-0.15, -0.1) is 0 Å². The number of amides is 1. The van der Waals surface area contributed by atoms with Gasteiger partial charge in [0.25, 0.3) is 0 Å². The topological polar surface area (TPSA) is 93.2 Å². The molecule has 0 bridgehead atoms. The standard InChI is InChI=1S/C9H14N4O2/c1-5-4-6(15)11-9-7(5)8(10)12-13(9)2-3-14/h5,14H,2-4H2,1H3,(H2,10,12)(H,11,15)/t5-/m0/s1. The highest BCUT2D eigenvalue weighted by molar-refractivity contribution is 5.94. The molecule has 0 saturated carbocycles. The molecule has 0 unspecified atom stereocenters. The first-order valence-corrected chi connectivity index (χ1v) is 4.90. The fraction of sp³-hybridized carbons (Fsp3) is 0.556. The predicted octanol–water partition coefficient (Wildman–Crippen LogP) is -0.0967. The summed E-state index contributed by atoms with van der Waals surface area (Å²) in [7, 11) is 0. The molecule has 0 aromatic carbocycles. The minimum absolute atomic E-state index is 0.0299. The van der Waals surface area contributed by atoms with E-state index in [9.17, 15) is 4.79 Å². The molecule has 0 saturated heterocycles. The van der Waals surface area contributed by atoms with E-state index in [1.54, 1.807) is 0 Å². The molecule has 1 amide bonds. The minimum Gasteiger partial charge on any atom is -0.394 e. The van der Waals surface area contributed by atoms with E-state index in [0.717, 1.165) is 5.56 Å². The van der Waals surface area contributed by atoms with Gasteiger partial charge in [0.05, 0.1) is 13.2 Å². The summed E-state index contributed by atoms with van der Waals surface area (Å²) >= 11 is 0. The Morgan fingerprint density at radius 3 is 3.13 bits per heavy atom. The van der Waals surface area contributed by atoms with E-state index < -0.39 is 0 Å². The second kappa shape index (κ2) is 3.54. The SMILES string of the molecule is C[C@H]1CC(=O)Nc2c1c(N)nn2CCO. The summed E-state index contributed by atoms with van der Waals surface area (Å²) in [6, 6.07) is 0. The number of rotatable bonds is 2. The van der Waals surface area contributed by atoms with E-state index in [0.29, 0.717) is 24.6 Å². The number of nitrogens with zero attached hydrogens (tertiary/aromatic N) is 2. The van der Waals surface area contributed by atoms with Crippen molar-refractivity contribution in [3.8, 4) is 0 Å². The number of anilines is 2. The van der Waals surface area contributed by atoms with E-state index in [-0.39, 0.29) is 18.4 Å². The van der Waals surface area contributed by atoms with Crippen molar-refractivity contribution in [2.45, 2.75) is 25.8 Å². The lowest BCUT2D eigenvalue weighted by Gasteiger charge is -2.20. The number of nitrogen functional groups attached to an aromatic ring is 1. The van der Waals surface area contributed by atoms with Crippen molar-refractivity contribution in [2.75, 3.05) is 17.7 Å². The first kappa shape index (κ1) is 9.97. The van der Waals surface area contributed by atoms with Crippen molar-refractivity contribution in [2.24, 2.45) is 0 Å². The van der Waals surface area contributed by atoms with Crippen LogP contribution in [0, 0.1) is 0 Å². The van der Waals surface area contributed by atoms with Crippen LogP contribution in [-0.2, 0) is 11.3 Å². The third-order valence-corrected chi connectivity index (χ3v) is 2.57. The van der Waals surface area contributed by atoms with Gasteiger partial charge in [-0.25, -0.2) is 4.68 Å². The molecule has 82 valence electrons. The maximum absolute atomic E-state index is 11.3. The van der Waals surface area contributed by atoms with Crippen LogP contribution in [0.3, 0.4) is 0 Å². The Bertz CT molecular complexity index is 399. The molecule has 4 N–H and O–H groups in total. The van der Waals surface area contributed by atoms with Crippen LogP contribution in [0.5, 0.6) is 0 Å². The van der Waals surface area contributed by atoms with E-state index in [1.165, 1.54) is 4.68 Å². The molecule has 0 spiro atoms. The molecule has 1 aliphatic rings. The van der Waals surface area contributed by atoms with Crippen LogP contribution in [0.1, 0.15) is 24.8 Å². The summed E-state index contributed by atoms with van der Waals surface area (Å²) in [5.41, 5.74) is 6.64. The fourth-order valence-electron chi connectivity index (χ4n) is 1.93. The number of hydrogen-bond acceptors (Lipinski definition) is 4. The van der Waals surface area contributed by atoms with Crippen molar-refractivity contribution in [3.05, 3.63) is 5.56 Å². The molecule has 15 heavy (non-hydrogen) atoms. The zero-order valence-electron chi connectivity index (χ0n) is 8.53. The maximum Gasteiger partial charge on any atom is 0.226 e. The third kappa shape index (κ3) is 1.56. The molecule has 2 rings (SSSR count). The van der Waals surface area contributed by atoms with Crippen molar-refractivity contribution in [1.82, 2.24) is 9.78 Å². The molecule has 6 heteroatoms. The molecule has 1 aromatic heterocycles. The number of aromatic nitrogens is 2. The molecular formula is C9H14N4O2. The van der Waals surface area contributed by atoms with E-state index >= 15 is 0 Å². The summed E-state index contributed by atoms with van der Waals surface area (Å²) in [5, 5.41) is 15.7. The second-order valence-corrected chi connectivity index (χ2v) is 3.75. The van der Waals surface area contributed by atoms with Crippen LogP contribution in [0.4, 0.5) is 11.6 Å². The van der Waals surface area contributed by atoms with Crippen LogP contribution in [0.25, 0.3) is 0 Å². The molecule has 0 aliphatic carbocycles. The number of nitrogens with one attached hydrogen (secondary N) is 1. The third-order valence-electron chi connectivity index (χ3n) is 2.57. The maximum atomic E-state index is 11.3. The van der Waals surface area contributed by atoms with Crippen LogP contribution < -0.4 is 11.1 Å². The van der Waals surface area contributed by atoms with Gasteiger partial charge in [0, 0.05) is 12.0 Å². The van der Waals surface area contributed by atoms with Gasteiger partial charge in [-0.3, -0.25) is 4.79 Å². The number of aliphatic hydroxyl groups is 1. The first-order valence-electron chi connectivity index (χ1n) is 4.90. The zero-order chi connectivity index (χ0) is 11.0. The largest absolute Gasteiger partial charge is 0.394 e. The van der Waals surface area contributed by atoms with Crippen molar-refractivity contribution in [3.63, 3.8) is 0 Å². The van der Waals surface area contributed by atoms with Gasteiger partial charge in [0.2, 0.25) is 5.91 Å². The quantitative estimate of drug-likeness (QED) is 0.635. The van der Waals surface area contributed by atoms with Crippen molar-refractivity contribution < 1.29 is 9.90 Å². The fourth-order valence-corrected chi connectivity index (χ4v) is 1.93. The lowest BCUT2D eigenvalue weighted by molar-refractivity contribution is -0.116. The minimum atomic E-state index is -0.0333. The Balaban J connectivity index is 2.46. The average molecular weight is 210 g/mol. The summed E-state index contributed by atoms with van der Waals surface area (Å²) < 4.78 is 1.54. The Kier molecular flexibility index (Phi) is 2.36. The van der Waals surface area contributed by atoms with Gasteiger partial charge in [0.15, 0.2) is 5.82 Å². The smallest absolute Gasteiger partial charge is 0.226 e. The highest BCUT2D eigenvalue weighted by Crippen LogP contribution is 2.35. The number of carbonyl (C=O) groups is 1. The number of carbonyl (C=O) groups excluding carboxylic acids is 1. The van der Waals surface area contributed by atoms with Crippen LogP contribution >= 0.6 is 0 Å². The van der Waals surface area contributed by atoms with Gasteiger partial charge in [0.1, 0.15) is 5.82 Å². The molecule has 2 heterocycles. The average Bonchev–Trinajstić information content (AvgIpc) is 2.43. The molecule has 1 aromatic rings. The normalized spacial score (nSPS) is 19.9. The summed E-state index contributed by atoms with van der Waals surface area (Å²) in [6.45, 7) is 2.25. The van der Waals surface area contributed by atoms with E-state index in [2.05, 4.69) is 10.4 Å². The van der Waals surface area contributed by atoms with Gasteiger partial charge in [-0.1, -0.05) is 6.92 Å². The van der Waals surface area contributed by atoms with Gasteiger partial charge in [-0.05, 0) is 5.92 Å². The first-order chi connectivity index (χ1) is 7.13. The van der Waals surface area contributed by atoms with Gasteiger partial charge >= 0.3 is 0 Å². The van der Waals surface area contributed by atoms with Crippen LogP contribution in [0.15, 0.2) is 0 Å². The summed E-state index contributed by atoms with van der Waals surface area (Å²) in [5.74, 6) is 1.12.